The lowest BCUT2D eigenvalue weighted by atomic mass is 10.1. The van der Waals surface area contributed by atoms with E-state index in [1.807, 2.05) is 18.2 Å². The lowest BCUT2D eigenvalue weighted by Crippen LogP contribution is -2.42. The smallest absolute Gasteiger partial charge is 0.326 e. The standard InChI is InChI=1S/C21H17N3O7/c1-12(19(26)22-10-9-13-5-2-3-7-15(13)22)31-17(25)11-23-20(27)14-6-4-8-16(24(29)30)18(14)21(23)28/h2-8,12H,9-11H2,1H3/t12-/m0/s1. The lowest BCUT2D eigenvalue weighted by molar-refractivity contribution is -0.385. The second-order valence-corrected chi connectivity index (χ2v) is 7.15. The zero-order valence-corrected chi connectivity index (χ0v) is 16.4. The number of amides is 3. The molecule has 1 atom stereocenters. The molecule has 0 N–H and O–H groups in total. The molecule has 2 aliphatic rings. The van der Waals surface area contributed by atoms with Crippen LogP contribution in [0.25, 0.3) is 0 Å². The molecule has 2 aromatic rings. The van der Waals surface area contributed by atoms with Crippen LogP contribution in [0.15, 0.2) is 42.5 Å². The Hall–Kier alpha value is -4.08. The van der Waals surface area contributed by atoms with Crippen molar-refractivity contribution in [3.05, 3.63) is 69.3 Å². The van der Waals surface area contributed by atoms with Crippen LogP contribution in [0.3, 0.4) is 0 Å². The molecule has 0 saturated heterocycles. The van der Waals surface area contributed by atoms with Crippen molar-refractivity contribution < 1.29 is 28.8 Å². The summed E-state index contributed by atoms with van der Waals surface area (Å²) < 4.78 is 5.16. The highest BCUT2D eigenvalue weighted by Crippen LogP contribution is 2.31. The Kier molecular flexibility index (Phi) is 4.97. The normalized spacial score (nSPS) is 15.5. The summed E-state index contributed by atoms with van der Waals surface area (Å²) in [5, 5.41) is 11.2. The van der Waals surface area contributed by atoms with Crippen LogP contribution in [0.1, 0.15) is 33.2 Å². The van der Waals surface area contributed by atoms with E-state index in [4.69, 9.17) is 4.74 Å². The van der Waals surface area contributed by atoms with Crippen molar-refractivity contribution >= 4 is 35.1 Å². The number of rotatable bonds is 5. The monoisotopic (exact) mass is 423 g/mol. The number of benzene rings is 2. The number of fused-ring (bicyclic) bond motifs is 2. The minimum Gasteiger partial charge on any atom is -0.451 e. The van der Waals surface area contributed by atoms with Gasteiger partial charge in [-0.2, -0.15) is 0 Å². The third kappa shape index (κ3) is 3.41. The van der Waals surface area contributed by atoms with E-state index in [9.17, 15) is 29.3 Å². The lowest BCUT2D eigenvalue weighted by Gasteiger charge is -2.22. The third-order valence-corrected chi connectivity index (χ3v) is 5.27. The molecule has 0 saturated carbocycles. The highest BCUT2D eigenvalue weighted by atomic mass is 16.6. The maximum Gasteiger partial charge on any atom is 0.326 e. The Labute approximate surface area is 176 Å². The van der Waals surface area contributed by atoms with E-state index in [2.05, 4.69) is 0 Å². The zero-order chi connectivity index (χ0) is 22.3. The molecule has 0 spiro atoms. The predicted octanol–water partition coefficient (Wildman–Crippen LogP) is 1.71. The Balaban J connectivity index is 1.44. The van der Waals surface area contributed by atoms with E-state index in [1.54, 1.807) is 6.07 Å². The fourth-order valence-electron chi connectivity index (χ4n) is 3.81. The number of nitrogens with zero attached hydrogens (tertiary/aromatic N) is 3. The van der Waals surface area contributed by atoms with E-state index >= 15 is 0 Å². The molecule has 31 heavy (non-hydrogen) atoms. The molecule has 0 aliphatic carbocycles. The Morgan fingerprint density at radius 2 is 1.87 bits per heavy atom. The molecular weight excluding hydrogens is 406 g/mol. The topological polar surface area (TPSA) is 127 Å². The highest BCUT2D eigenvalue weighted by molar-refractivity contribution is 6.24. The number of carbonyl (C=O) groups excluding carboxylic acids is 4. The van der Waals surface area contributed by atoms with Crippen LogP contribution in [0.5, 0.6) is 0 Å². The maximum atomic E-state index is 12.7. The third-order valence-electron chi connectivity index (χ3n) is 5.27. The van der Waals surface area contributed by atoms with Gasteiger partial charge in [0.05, 0.1) is 10.5 Å². The van der Waals surface area contributed by atoms with E-state index in [-0.39, 0.29) is 11.1 Å². The minimum absolute atomic E-state index is 0.148. The van der Waals surface area contributed by atoms with Gasteiger partial charge in [-0.25, -0.2) is 0 Å². The molecule has 0 radical (unpaired) electrons. The van der Waals surface area contributed by atoms with Gasteiger partial charge in [0.2, 0.25) is 0 Å². The molecule has 2 aliphatic heterocycles. The summed E-state index contributed by atoms with van der Waals surface area (Å²) in [7, 11) is 0. The average molecular weight is 423 g/mol. The first-order valence-corrected chi connectivity index (χ1v) is 9.52. The number of imide groups is 1. The predicted molar refractivity (Wildman–Crippen MR) is 107 cm³/mol. The molecule has 0 bridgehead atoms. The fraction of sp³-hybridized carbons (Fsp3) is 0.238. The summed E-state index contributed by atoms with van der Waals surface area (Å²) >= 11 is 0. The second-order valence-electron chi connectivity index (χ2n) is 7.15. The SMILES string of the molecule is C[C@H](OC(=O)CN1C(=O)c2cccc([N+](=O)[O-])c2C1=O)C(=O)N1CCc2ccccc21. The van der Waals surface area contributed by atoms with Crippen LogP contribution in [-0.2, 0) is 20.7 Å². The van der Waals surface area contributed by atoms with Gasteiger partial charge >= 0.3 is 5.97 Å². The van der Waals surface area contributed by atoms with Crippen LogP contribution in [0, 0.1) is 10.1 Å². The van der Waals surface area contributed by atoms with Gasteiger partial charge in [0.15, 0.2) is 6.10 Å². The highest BCUT2D eigenvalue weighted by Gasteiger charge is 2.42. The second kappa shape index (κ2) is 7.63. The number of anilines is 1. The molecule has 2 aromatic carbocycles. The average Bonchev–Trinajstić information content (AvgIpc) is 3.28. The first-order chi connectivity index (χ1) is 14.8. The van der Waals surface area contributed by atoms with Crippen molar-refractivity contribution in [1.82, 2.24) is 4.90 Å². The largest absolute Gasteiger partial charge is 0.451 e. The molecule has 4 rings (SSSR count). The van der Waals surface area contributed by atoms with Crippen LogP contribution < -0.4 is 4.90 Å². The van der Waals surface area contributed by atoms with Gasteiger partial charge in [0.25, 0.3) is 23.4 Å². The molecule has 10 heteroatoms. The summed E-state index contributed by atoms with van der Waals surface area (Å²) in [4.78, 5) is 62.6. The number of esters is 1. The summed E-state index contributed by atoms with van der Waals surface area (Å²) in [5.41, 5.74) is 0.751. The fourth-order valence-corrected chi connectivity index (χ4v) is 3.81. The van der Waals surface area contributed by atoms with Gasteiger partial charge in [-0.1, -0.05) is 24.3 Å². The zero-order valence-electron chi connectivity index (χ0n) is 16.4. The molecular formula is C21H17N3O7. The van der Waals surface area contributed by atoms with E-state index in [0.29, 0.717) is 17.9 Å². The molecule has 3 amide bonds. The number of ether oxygens (including phenoxy) is 1. The van der Waals surface area contributed by atoms with Crippen molar-refractivity contribution in [1.29, 1.82) is 0 Å². The van der Waals surface area contributed by atoms with Gasteiger partial charge in [-0.15, -0.1) is 0 Å². The number of hydrogen-bond donors (Lipinski definition) is 0. The molecule has 0 unspecified atom stereocenters. The molecule has 10 nitrogen and oxygen atoms in total. The van der Waals surface area contributed by atoms with Gasteiger partial charge in [0, 0.05) is 18.3 Å². The first-order valence-electron chi connectivity index (χ1n) is 9.52. The van der Waals surface area contributed by atoms with Crippen LogP contribution in [0.4, 0.5) is 11.4 Å². The number of para-hydroxylation sites is 1. The molecule has 2 heterocycles. The van der Waals surface area contributed by atoms with Crippen LogP contribution >= 0.6 is 0 Å². The summed E-state index contributed by atoms with van der Waals surface area (Å²) in [5.74, 6) is -3.16. The molecule has 158 valence electrons. The summed E-state index contributed by atoms with van der Waals surface area (Å²) in [6.45, 7) is 1.12. The van der Waals surface area contributed by atoms with Gasteiger partial charge in [-0.05, 0) is 31.0 Å². The Bertz CT molecular complexity index is 1140. The summed E-state index contributed by atoms with van der Waals surface area (Å²) in [6, 6.07) is 11.1. The molecule has 0 fully saturated rings. The quantitative estimate of drug-likeness (QED) is 0.310. The van der Waals surface area contributed by atoms with E-state index in [1.165, 1.54) is 24.0 Å². The van der Waals surface area contributed by atoms with Crippen molar-refractivity contribution in [3.63, 3.8) is 0 Å². The minimum atomic E-state index is -1.14. The molecule has 0 aromatic heterocycles. The number of carbonyl (C=O) groups is 4. The number of hydrogen-bond acceptors (Lipinski definition) is 7. The van der Waals surface area contributed by atoms with Gasteiger partial charge in [0.1, 0.15) is 12.1 Å². The number of nitro benzene ring substituents is 1. The van der Waals surface area contributed by atoms with Crippen molar-refractivity contribution in [2.24, 2.45) is 0 Å². The van der Waals surface area contributed by atoms with Crippen molar-refractivity contribution in [2.75, 3.05) is 18.0 Å². The summed E-state index contributed by atoms with van der Waals surface area (Å²) in [6.07, 6.45) is -0.445. The van der Waals surface area contributed by atoms with Crippen LogP contribution in [0.2, 0.25) is 0 Å². The van der Waals surface area contributed by atoms with Crippen molar-refractivity contribution in [2.45, 2.75) is 19.4 Å². The first kappa shape index (κ1) is 20.2. The van der Waals surface area contributed by atoms with Gasteiger partial charge < -0.3 is 9.64 Å². The maximum absolute atomic E-state index is 12.7. The van der Waals surface area contributed by atoms with Gasteiger partial charge in [-0.3, -0.25) is 34.2 Å². The Morgan fingerprint density at radius 1 is 1.13 bits per heavy atom. The van der Waals surface area contributed by atoms with E-state index in [0.717, 1.165) is 17.3 Å². The number of nitro groups is 1. The van der Waals surface area contributed by atoms with E-state index < -0.39 is 47.0 Å². The Morgan fingerprint density at radius 3 is 2.61 bits per heavy atom. The van der Waals surface area contributed by atoms with Crippen LogP contribution in [-0.4, -0.2) is 52.7 Å². The van der Waals surface area contributed by atoms with Crippen molar-refractivity contribution in [3.8, 4) is 0 Å².